The van der Waals surface area contributed by atoms with E-state index in [-0.39, 0.29) is 17.4 Å². The number of nitrogens with zero attached hydrogens (tertiary/aromatic N) is 2. The van der Waals surface area contributed by atoms with Crippen LogP contribution in [0.25, 0.3) is 10.9 Å². The maximum atomic E-state index is 12.5. The molecule has 1 unspecified atom stereocenters. The Morgan fingerprint density at radius 3 is 2.29 bits per heavy atom. The van der Waals surface area contributed by atoms with E-state index in [1.54, 1.807) is 56.4 Å². The molecule has 0 fully saturated rings. The fourth-order valence-corrected chi connectivity index (χ4v) is 3.47. The van der Waals surface area contributed by atoms with Crippen LogP contribution in [-0.2, 0) is 16.6 Å². The molecule has 3 aromatic rings. The normalized spacial score (nSPS) is 11.8. The van der Waals surface area contributed by atoms with Crippen LogP contribution < -0.4 is 16.2 Å². The topological polar surface area (TPSA) is 93.1 Å². The van der Waals surface area contributed by atoms with Crippen LogP contribution in [0.4, 0.5) is 11.4 Å². The van der Waals surface area contributed by atoms with E-state index in [0.29, 0.717) is 27.4 Å². The molecule has 0 radical (unpaired) electrons. The van der Waals surface area contributed by atoms with Crippen molar-refractivity contribution in [3.05, 3.63) is 58.9 Å². The lowest BCUT2D eigenvalue weighted by Crippen LogP contribution is -2.25. The number of hydrogen-bond donors (Lipinski definition) is 2. The van der Waals surface area contributed by atoms with Crippen molar-refractivity contribution in [2.75, 3.05) is 10.6 Å². The van der Waals surface area contributed by atoms with Crippen molar-refractivity contribution in [3.63, 3.8) is 0 Å². The lowest BCUT2D eigenvalue weighted by Gasteiger charge is -2.14. The van der Waals surface area contributed by atoms with Crippen LogP contribution in [0.5, 0.6) is 0 Å². The van der Waals surface area contributed by atoms with Gasteiger partial charge in [0.05, 0.1) is 16.2 Å². The van der Waals surface area contributed by atoms with Crippen molar-refractivity contribution in [3.8, 4) is 0 Å². The molecule has 28 heavy (non-hydrogen) atoms. The number of hydrogen-bond acceptors (Lipinski definition) is 5. The number of thioether (sulfide) groups is 1. The molecule has 3 rings (SSSR count). The number of rotatable bonds is 5. The molecule has 0 spiro atoms. The number of amides is 2. The van der Waals surface area contributed by atoms with E-state index < -0.39 is 5.25 Å². The van der Waals surface area contributed by atoms with Crippen LogP contribution in [-0.4, -0.2) is 26.6 Å². The molecule has 2 N–H and O–H groups in total. The van der Waals surface area contributed by atoms with E-state index >= 15 is 0 Å². The highest BCUT2D eigenvalue weighted by Crippen LogP contribution is 2.23. The quantitative estimate of drug-likeness (QED) is 0.511. The summed E-state index contributed by atoms with van der Waals surface area (Å²) in [5.74, 6) is -0.366. The number of para-hydroxylation sites is 1. The van der Waals surface area contributed by atoms with E-state index in [9.17, 15) is 14.4 Å². The fourth-order valence-electron chi connectivity index (χ4n) is 2.60. The first-order valence-electron chi connectivity index (χ1n) is 8.66. The minimum atomic E-state index is -0.464. The molecule has 0 saturated carbocycles. The number of anilines is 2. The highest BCUT2D eigenvalue weighted by atomic mass is 32.2. The van der Waals surface area contributed by atoms with Crippen LogP contribution in [0.2, 0.25) is 0 Å². The summed E-state index contributed by atoms with van der Waals surface area (Å²) in [5.41, 5.74) is 1.73. The highest BCUT2D eigenvalue weighted by molar-refractivity contribution is 8.00. The number of nitrogens with one attached hydrogen (secondary N) is 2. The Balaban J connectivity index is 1.72. The summed E-state index contributed by atoms with van der Waals surface area (Å²) < 4.78 is 1.46. The first-order valence-corrected chi connectivity index (χ1v) is 9.54. The Bertz CT molecular complexity index is 1090. The monoisotopic (exact) mass is 396 g/mol. The van der Waals surface area contributed by atoms with Gasteiger partial charge in [0.1, 0.15) is 0 Å². The van der Waals surface area contributed by atoms with E-state index in [1.807, 2.05) is 6.07 Å². The maximum absolute atomic E-state index is 12.5. The Morgan fingerprint density at radius 2 is 1.64 bits per heavy atom. The molecule has 1 atom stereocenters. The second-order valence-corrected chi connectivity index (χ2v) is 7.59. The van der Waals surface area contributed by atoms with Gasteiger partial charge in [0.2, 0.25) is 11.8 Å². The molecular weight excluding hydrogens is 376 g/mol. The second kappa shape index (κ2) is 8.26. The van der Waals surface area contributed by atoms with Crippen LogP contribution in [0.15, 0.2) is 58.5 Å². The smallest absolute Gasteiger partial charge is 0.261 e. The molecule has 0 aliphatic rings. The third-order valence-corrected chi connectivity index (χ3v) is 5.21. The van der Waals surface area contributed by atoms with Gasteiger partial charge in [0.25, 0.3) is 5.56 Å². The number of benzene rings is 2. The average molecular weight is 396 g/mol. The lowest BCUT2D eigenvalue weighted by molar-refractivity contribution is -0.115. The molecule has 0 aliphatic carbocycles. The molecule has 144 valence electrons. The van der Waals surface area contributed by atoms with Crippen LogP contribution >= 0.6 is 11.8 Å². The van der Waals surface area contributed by atoms with Gasteiger partial charge in [0.15, 0.2) is 5.16 Å². The summed E-state index contributed by atoms with van der Waals surface area (Å²) in [6, 6.07) is 14.0. The van der Waals surface area contributed by atoms with Gasteiger partial charge < -0.3 is 10.6 Å². The van der Waals surface area contributed by atoms with Crippen molar-refractivity contribution >= 4 is 45.9 Å². The van der Waals surface area contributed by atoms with Gasteiger partial charge in [-0.3, -0.25) is 19.0 Å². The van der Waals surface area contributed by atoms with Crippen molar-refractivity contribution in [1.82, 2.24) is 9.55 Å². The van der Waals surface area contributed by atoms with Gasteiger partial charge in [-0.1, -0.05) is 23.9 Å². The Kier molecular flexibility index (Phi) is 5.79. The second-order valence-electron chi connectivity index (χ2n) is 6.28. The lowest BCUT2D eigenvalue weighted by atomic mass is 10.2. The molecule has 0 saturated heterocycles. The van der Waals surface area contributed by atoms with Crippen molar-refractivity contribution in [1.29, 1.82) is 0 Å². The molecule has 8 heteroatoms. The van der Waals surface area contributed by atoms with Crippen molar-refractivity contribution in [2.24, 2.45) is 7.05 Å². The Hall–Kier alpha value is -3.13. The van der Waals surface area contributed by atoms with E-state index in [1.165, 1.54) is 23.3 Å². The molecule has 2 aromatic carbocycles. The molecular formula is C20H20N4O3S. The van der Waals surface area contributed by atoms with E-state index in [4.69, 9.17) is 0 Å². The first-order chi connectivity index (χ1) is 13.3. The van der Waals surface area contributed by atoms with E-state index in [2.05, 4.69) is 15.6 Å². The standard InChI is InChI=1S/C20H20N4O3S/c1-12(18(26)22-15-10-8-14(9-11-15)21-13(2)25)28-20-23-17-7-5-4-6-16(17)19(27)24(20)3/h4-12H,1-3H3,(H,21,25)(H,22,26). The largest absolute Gasteiger partial charge is 0.326 e. The van der Waals surface area contributed by atoms with Gasteiger partial charge in [-0.25, -0.2) is 4.98 Å². The van der Waals surface area contributed by atoms with Crippen LogP contribution in [0, 0.1) is 0 Å². The Morgan fingerprint density at radius 1 is 1.04 bits per heavy atom. The van der Waals surface area contributed by atoms with Crippen LogP contribution in [0.3, 0.4) is 0 Å². The summed E-state index contributed by atoms with van der Waals surface area (Å²) in [6.07, 6.45) is 0. The predicted octanol–water partition coefficient (Wildman–Crippen LogP) is 3.01. The number of carbonyl (C=O) groups excluding carboxylic acids is 2. The van der Waals surface area contributed by atoms with Gasteiger partial charge in [-0.15, -0.1) is 0 Å². The molecule has 1 heterocycles. The number of fused-ring (bicyclic) bond motifs is 1. The first kappa shape index (κ1) is 19.6. The molecule has 7 nitrogen and oxygen atoms in total. The zero-order valence-electron chi connectivity index (χ0n) is 15.7. The molecule has 0 bridgehead atoms. The molecule has 0 aliphatic heterocycles. The average Bonchev–Trinajstić information content (AvgIpc) is 2.67. The molecule has 2 amide bonds. The third-order valence-electron chi connectivity index (χ3n) is 4.07. The SMILES string of the molecule is CC(=O)Nc1ccc(NC(=O)C(C)Sc2nc3ccccc3c(=O)n2C)cc1. The van der Waals surface area contributed by atoms with Crippen LogP contribution in [0.1, 0.15) is 13.8 Å². The summed E-state index contributed by atoms with van der Waals surface area (Å²) >= 11 is 1.22. The third kappa shape index (κ3) is 4.40. The zero-order chi connectivity index (χ0) is 20.3. The number of carbonyl (C=O) groups is 2. The Labute approximate surface area is 166 Å². The minimum absolute atomic E-state index is 0.144. The zero-order valence-corrected chi connectivity index (χ0v) is 16.5. The van der Waals surface area contributed by atoms with E-state index in [0.717, 1.165) is 0 Å². The van der Waals surface area contributed by atoms with Crippen molar-refractivity contribution < 1.29 is 9.59 Å². The predicted molar refractivity (Wildman–Crippen MR) is 112 cm³/mol. The summed E-state index contributed by atoms with van der Waals surface area (Å²) in [4.78, 5) is 40.6. The highest BCUT2D eigenvalue weighted by Gasteiger charge is 2.18. The van der Waals surface area contributed by atoms with Gasteiger partial charge >= 0.3 is 0 Å². The summed E-state index contributed by atoms with van der Waals surface area (Å²) in [6.45, 7) is 3.19. The van der Waals surface area contributed by atoms with Crippen molar-refractivity contribution in [2.45, 2.75) is 24.3 Å². The number of aromatic nitrogens is 2. The fraction of sp³-hybridized carbons (Fsp3) is 0.200. The summed E-state index contributed by atoms with van der Waals surface area (Å²) in [7, 11) is 1.65. The summed E-state index contributed by atoms with van der Waals surface area (Å²) in [5, 5.41) is 6.06. The van der Waals surface area contributed by atoms with Gasteiger partial charge in [-0.2, -0.15) is 0 Å². The van der Waals surface area contributed by atoms with Gasteiger partial charge in [-0.05, 0) is 43.3 Å². The molecule has 1 aromatic heterocycles. The van der Waals surface area contributed by atoms with Gasteiger partial charge in [0, 0.05) is 25.3 Å². The minimum Gasteiger partial charge on any atom is -0.326 e. The maximum Gasteiger partial charge on any atom is 0.261 e.